The van der Waals surface area contributed by atoms with Crippen molar-refractivity contribution in [1.29, 1.82) is 0 Å². The van der Waals surface area contributed by atoms with Crippen molar-refractivity contribution in [2.45, 2.75) is 41.5 Å². The molecule has 0 saturated carbocycles. The Kier molecular flexibility index (Phi) is 34.5. The third-order valence-electron chi connectivity index (χ3n) is 3.06. The number of rotatable bonds is 6. The quantitative estimate of drug-likeness (QED) is 0.258. The van der Waals surface area contributed by atoms with Crippen LogP contribution in [-0.4, -0.2) is 37.0 Å². The van der Waals surface area contributed by atoms with Gasteiger partial charge < -0.3 is 0 Å². The summed E-state index contributed by atoms with van der Waals surface area (Å²) >= 11 is 3.27. The molecule has 0 aliphatic rings. The van der Waals surface area contributed by atoms with Crippen LogP contribution in [0.5, 0.6) is 0 Å². The SMILES string of the molecule is CCP(CC)CC.CCP(CC)CC.[Cl][Pt+].[c-]1ccsc1. The van der Waals surface area contributed by atoms with E-state index in [-0.39, 0.29) is 0 Å². The molecule has 0 aromatic carbocycles. The molecule has 1 heterocycles. The van der Waals surface area contributed by atoms with E-state index in [4.69, 9.17) is 0 Å². The van der Waals surface area contributed by atoms with E-state index >= 15 is 0 Å². The Morgan fingerprint density at radius 2 is 1.14 bits per heavy atom. The number of hydrogen-bond acceptors (Lipinski definition) is 1. The fourth-order valence-electron chi connectivity index (χ4n) is 1.54. The van der Waals surface area contributed by atoms with Gasteiger partial charge in [0.25, 0.3) is 0 Å². The topological polar surface area (TPSA) is 0 Å². The smallest absolute Gasteiger partial charge is 0.120 e. The molecule has 5 heteroatoms. The fraction of sp³-hybridized carbons (Fsp3) is 0.750. The predicted octanol–water partition coefficient (Wildman–Crippen LogP) is 7.29. The molecule has 0 unspecified atom stereocenters. The van der Waals surface area contributed by atoms with Crippen molar-refractivity contribution < 1.29 is 18.8 Å². The normalized spacial score (nSPS) is 9.10. The molecule has 0 atom stereocenters. The maximum Gasteiger partial charge on any atom is -0.120 e. The predicted molar refractivity (Wildman–Crippen MR) is 106 cm³/mol. The van der Waals surface area contributed by atoms with E-state index in [1.165, 1.54) is 37.0 Å². The van der Waals surface area contributed by atoms with Crippen molar-refractivity contribution in [2.75, 3.05) is 37.0 Å². The summed E-state index contributed by atoms with van der Waals surface area (Å²) in [6, 6.07) is 4.77. The van der Waals surface area contributed by atoms with Gasteiger partial charge in [-0.25, -0.2) is 12.1 Å². The molecule has 0 aliphatic carbocycles. The van der Waals surface area contributed by atoms with Crippen LogP contribution in [0.2, 0.25) is 0 Å². The van der Waals surface area contributed by atoms with Crippen LogP contribution >= 0.6 is 36.6 Å². The summed E-state index contributed by atoms with van der Waals surface area (Å²) in [5.74, 6) is 0. The molecule has 1 aromatic heterocycles. The second-order valence-corrected chi connectivity index (χ2v) is 11.2. The zero-order chi connectivity index (χ0) is 16.9. The Balaban J connectivity index is -0.000000220. The average molecular weight is 550 g/mol. The maximum absolute atomic E-state index is 4.61. The summed E-state index contributed by atoms with van der Waals surface area (Å²) in [5.41, 5.74) is 0. The van der Waals surface area contributed by atoms with Crippen LogP contribution in [0, 0.1) is 6.07 Å². The van der Waals surface area contributed by atoms with E-state index < -0.39 is 0 Å². The molecule has 130 valence electrons. The van der Waals surface area contributed by atoms with Gasteiger partial charge in [-0.15, -0.1) is 21.2 Å². The molecule has 1 rings (SSSR count). The van der Waals surface area contributed by atoms with Gasteiger partial charge >= 0.3 is 28.2 Å². The Morgan fingerprint density at radius 1 is 0.810 bits per heavy atom. The summed E-state index contributed by atoms with van der Waals surface area (Å²) in [5, 5.41) is 3.90. The van der Waals surface area contributed by atoms with Crippen molar-refractivity contribution in [3.05, 3.63) is 22.9 Å². The van der Waals surface area contributed by atoms with Crippen molar-refractivity contribution in [2.24, 2.45) is 0 Å². The van der Waals surface area contributed by atoms with Gasteiger partial charge in [-0.1, -0.05) is 41.5 Å². The first kappa shape index (κ1) is 27.4. The van der Waals surface area contributed by atoms with E-state index in [9.17, 15) is 0 Å². The third-order valence-corrected chi connectivity index (χ3v) is 8.99. The van der Waals surface area contributed by atoms with Crippen molar-refractivity contribution in [1.82, 2.24) is 0 Å². The van der Waals surface area contributed by atoms with E-state index in [0.717, 1.165) is 0 Å². The summed E-state index contributed by atoms with van der Waals surface area (Å²) in [6.45, 7) is 13.7. The zero-order valence-electron chi connectivity index (χ0n) is 14.5. The van der Waals surface area contributed by atoms with Gasteiger partial charge in [-0.3, -0.25) is 11.3 Å². The molecular formula is C16H33ClP2PtS. The van der Waals surface area contributed by atoms with Gasteiger partial charge in [0, 0.05) is 0 Å². The summed E-state index contributed by atoms with van der Waals surface area (Å²) in [4.78, 5) is 0. The second-order valence-electron chi connectivity index (χ2n) is 3.96. The van der Waals surface area contributed by atoms with Gasteiger partial charge in [-0.2, -0.15) is 5.38 Å². The van der Waals surface area contributed by atoms with Crippen LogP contribution in [0.15, 0.2) is 16.8 Å². The van der Waals surface area contributed by atoms with Crippen LogP contribution in [-0.2, 0) is 18.8 Å². The molecule has 0 bridgehead atoms. The standard InChI is InChI=1S/2C6H15P.C4H3S.ClH.Pt/c2*1-4-7(5-2)6-3;1-2-4-5-3-1;;/h2*4-6H2,1-3H3;1,3-4H;1H;/q;;-1;;+2/p-1. The minimum Gasteiger partial charge on any atom is -0.273 e. The Bertz CT molecular complexity index is 188. The zero-order valence-corrected chi connectivity index (χ0v) is 20.1. The summed E-state index contributed by atoms with van der Waals surface area (Å²) in [7, 11) is 5.50. The molecule has 0 saturated heterocycles. The summed E-state index contributed by atoms with van der Waals surface area (Å²) in [6.07, 6.45) is 8.51. The Hall–Kier alpha value is 1.54. The molecule has 0 amide bonds. The second kappa shape index (κ2) is 26.4. The van der Waals surface area contributed by atoms with Gasteiger partial charge in [0.05, 0.1) is 0 Å². The minimum atomic E-state index is 0.446. The van der Waals surface area contributed by atoms with E-state index in [1.807, 2.05) is 16.8 Å². The molecule has 0 aliphatic heterocycles. The Morgan fingerprint density at radius 3 is 1.19 bits per heavy atom. The first-order valence-corrected chi connectivity index (χ1v) is 15.2. The average Bonchev–Trinajstić information content (AvgIpc) is 3.13. The monoisotopic (exact) mass is 549 g/mol. The van der Waals surface area contributed by atoms with Crippen molar-refractivity contribution >= 4 is 36.6 Å². The maximum atomic E-state index is 4.61. The molecule has 0 N–H and O–H groups in total. The molecule has 0 fully saturated rings. The molecule has 21 heavy (non-hydrogen) atoms. The van der Waals surface area contributed by atoms with Gasteiger partial charge in [0.2, 0.25) is 0 Å². The van der Waals surface area contributed by atoms with E-state index in [1.54, 1.807) is 30.1 Å². The van der Waals surface area contributed by atoms with Gasteiger partial charge in [0.1, 0.15) is 0 Å². The molecular weight excluding hydrogens is 517 g/mol. The van der Waals surface area contributed by atoms with Crippen LogP contribution < -0.4 is 0 Å². The molecule has 0 radical (unpaired) electrons. The minimum absolute atomic E-state index is 0.446. The van der Waals surface area contributed by atoms with Crippen LogP contribution in [0.1, 0.15) is 41.5 Å². The number of hydrogen-bond donors (Lipinski definition) is 0. The molecule has 1 aromatic rings. The van der Waals surface area contributed by atoms with E-state index in [2.05, 4.69) is 57.0 Å². The third kappa shape index (κ3) is 23.9. The first-order chi connectivity index (χ1) is 10.2. The van der Waals surface area contributed by atoms with Crippen LogP contribution in [0.25, 0.3) is 0 Å². The number of halogens is 1. The van der Waals surface area contributed by atoms with Crippen molar-refractivity contribution in [3.8, 4) is 0 Å². The number of thiophene rings is 1. The fourth-order valence-corrected chi connectivity index (χ4v) is 4.61. The van der Waals surface area contributed by atoms with E-state index in [0.29, 0.717) is 15.8 Å². The first-order valence-electron chi connectivity index (χ1n) is 7.64. The largest absolute Gasteiger partial charge is 0.273 e. The van der Waals surface area contributed by atoms with Crippen LogP contribution in [0.3, 0.4) is 0 Å². The summed E-state index contributed by atoms with van der Waals surface area (Å²) < 4.78 is 0. The van der Waals surface area contributed by atoms with Crippen molar-refractivity contribution in [3.63, 3.8) is 0 Å². The van der Waals surface area contributed by atoms with Gasteiger partial charge in [0.15, 0.2) is 0 Å². The van der Waals surface area contributed by atoms with Crippen LogP contribution in [0.4, 0.5) is 0 Å². The van der Waals surface area contributed by atoms with Gasteiger partial charge in [-0.05, 0) is 37.0 Å². The Labute approximate surface area is 156 Å². The molecule has 0 nitrogen and oxygen atoms in total. The molecule has 0 spiro atoms.